The number of carbonyl (C=O) groups excluding carboxylic acids is 1. The lowest BCUT2D eigenvalue weighted by Crippen LogP contribution is -2.45. The smallest absolute Gasteiger partial charge is 0.268 e. The Morgan fingerprint density at radius 1 is 1.14 bits per heavy atom. The van der Waals surface area contributed by atoms with Crippen molar-refractivity contribution in [2.45, 2.75) is 64.4 Å². The quantitative estimate of drug-likeness (QED) is 0.305. The Hall–Kier alpha value is -2.61. The zero-order valence-corrected chi connectivity index (χ0v) is 23.2. The van der Waals surface area contributed by atoms with E-state index in [0.29, 0.717) is 18.1 Å². The zero-order chi connectivity index (χ0) is 25.8. The highest BCUT2D eigenvalue weighted by atomic mass is 35.5. The highest BCUT2D eigenvalue weighted by Crippen LogP contribution is 2.39. The van der Waals surface area contributed by atoms with E-state index in [9.17, 15) is 4.79 Å². The molecule has 2 aromatic carbocycles. The van der Waals surface area contributed by atoms with Crippen molar-refractivity contribution in [3.8, 4) is 16.9 Å². The van der Waals surface area contributed by atoms with Crippen molar-refractivity contribution < 1.29 is 14.0 Å². The topological polar surface area (TPSA) is 79.4 Å². The molecule has 2 N–H and O–H groups in total. The molecule has 0 aliphatic rings. The van der Waals surface area contributed by atoms with Crippen LogP contribution in [0.3, 0.4) is 0 Å². The second-order valence-corrected chi connectivity index (χ2v) is 15.6. The molecule has 6 nitrogen and oxygen atoms in total. The molecular weight excluding hydrogens is 478 g/mol. The molecule has 1 aromatic heterocycles. The molecule has 0 aliphatic carbocycles. The first kappa shape index (κ1) is 27.0. The third kappa shape index (κ3) is 6.96. The van der Waals surface area contributed by atoms with Crippen LogP contribution in [0, 0.1) is 0 Å². The van der Waals surface area contributed by atoms with Crippen LogP contribution in [0.4, 0.5) is 0 Å². The monoisotopic (exact) mass is 513 g/mol. The lowest BCUT2D eigenvalue weighted by atomic mass is 10.1. The molecule has 3 rings (SSSR count). The molecule has 2 atom stereocenters. The highest BCUT2D eigenvalue weighted by molar-refractivity contribution is 6.74. The predicted molar refractivity (Wildman–Crippen MR) is 145 cm³/mol. The molecule has 35 heavy (non-hydrogen) atoms. The minimum Gasteiger partial charge on any atom is -0.493 e. The fourth-order valence-electron chi connectivity index (χ4n) is 3.72. The first-order valence-corrected chi connectivity index (χ1v) is 15.2. The fourth-order valence-corrected chi connectivity index (χ4v) is 5.35. The second-order valence-electron chi connectivity index (χ2n) is 10.4. The summed E-state index contributed by atoms with van der Waals surface area (Å²) in [5, 5.41) is 0.777. The van der Waals surface area contributed by atoms with Crippen LogP contribution in [0.5, 0.6) is 5.75 Å². The average Bonchev–Trinajstić information content (AvgIpc) is 3.26. The summed E-state index contributed by atoms with van der Waals surface area (Å²) in [5.74, 6) is 0.234. The van der Waals surface area contributed by atoms with Gasteiger partial charge in [0.1, 0.15) is 11.4 Å². The number of primary amides is 1. The lowest BCUT2D eigenvalue weighted by molar-refractivity contribution is 0.0994. The van der Waals surface area contributed by atoms with Gasteiger partial charge in [0.25, 0.3) is 5.91 Å². The van der Waals surface area contributed by atoms with E-state index >= 15 is 0 Å². The molecule has 0 unspecified atom stereocenters. The van der Waals surface area contributed by atoms with Crippen molar-refractivity contribution >= 4 is 25.8 Å². The Labute approximate surface area is 214 Å². The first-order valence-electron chi connectivity index (χ1n) is 11.9. The molecule has 0 fully saturated rings. The Kier molecular flexibility index (Phi) is 8.46. The van der Waals surface area contributed by atoms with Crippen LogP contribution in [0.1, 0.15) is 50.6 Å². The minimum absolute atomic E-state index is 0.0687. The van der Waals surface area contributed by atoms with Gasteiger partial charge in [0.15, 0.2) is 8.32 Å². The van der Waals surface area contributed by atoms with Gasteiger partial charge in [-0.15, -0.1) is 0 Å². The number of halogens is 1. The van der Waals surface area contributed by atoms with Crippen molar-refractivity contribution in [2.75, 3.05) is 6.61 Å². The molecular formula is C27H36ClN3O3Si. The maximum Gasteiger partial charge on any atom is 0.268 e. The van der Waals surface area contributed by atoms with Crippen LogP contribution >= 0.6 is 11.6 Å². The molecule has 1 heterocycles. The number of amides is 1. The Morgan fingerprint density at radius 2 is 1.80 bits per heavy atom. The van der Waals surface area contributed by atoms with E-state index in [2.05, 4.69) is 45.8 Å². The number of hydrogen-bond donors (Lipinski definition) is 1. The number of nitrogens with two attached hydrogens (primary N) is 1. The van der Waals surface area contributed by atoms with Gasteiger partial charge in [-0.3, -0.25) is 4.79 Å². The van der Waals surface area contributed by atoms with E-state index in [-0.39, 0.29) is 22.9 Å². The third-order valence-corrected chi connectivity index (χ3v) is 11.5. The second kappa shape index (κ2) is 11.0. The molecule has 0 radical (unpaired) electrons. The van der Waals surface area contributed by atoms with Crippen molar-refractivity contribution in [1.82, 2.24) is 9.55 Å². The number of ether oxygens (including phenoxy) is 1. The normalized spacial score (nSPS) is 13.9. The van der Waals surface area contributed by atoms with E-state index in [1.165, 1.54) is 0 Å². The largest absolute Gasteiger partial charge is 0.493 e. The number of hydrogen-bond acceptors (Lipinski definition) is 4. The Balaban J connectivity index is 1.75. The van der Waals surface area contributed by atoms with Crippen molar-refractivity contribution in [3.05, 3.63) is 71.8 Å². The standard InChI is InChI=1S/C27H36ClN3O3Si/c1-19(34-35(5,6)27(2,3)4)25(31-17-24(26(29)32)30-18-31)13-14-33-23-12-8-10-21(16-23)20-9-7-11-22(28)15-20/h7-12,15-19,25H,13-14H2,1-6H3,(H2,29,32)/t19-,25+/m0/s1. The number of carbonyl (C=O) groups is 1. The maximum absolute atomic E-state index is 11.6. The van der Waals surface area contributed by atoms with E-state index in [1.54, 1.807) is 12.5 Å². The number of benzene rings is 2. The van der Waals surface area contributed by atoms with E-state index in [0.717, 1.165) is 16.9 Å². The molecule has 0 aliphatic heterocycles. The number of nitrogens with zero attached hydrogens (tertiary/aromatic N) is 2. The van der Waals surface area contributed by atoms with Crippen molar-refractivity contribution in [1.29, 1.82) is 0 Å². The predicted octanol–water partition coefficient (Wildman–Crippen LogP) is 6.72. The van der Waals surface area contributed by atoms with E-state index < -0.39 is 14.2 Å². The summed E-state index contributed by atoms with van der Waals surface area (Å²) in [6, 6.07) is 15.7. The fraction of sp³-hybridized carbons (Fsp3) is 0.407. The van der Waals surface area contributed by atoms with Crippen LogP contribution in [0.15, 0.2) is 61.1 Å². The molecule has 3 aromatic rings. The van der Waals surface area contributed by atoms with Crippen molar-refractivity contribution in [3.63, 3.8) is 0 Å². The van der Waals surface area contributed by atoms with Gasteiger partial charge in [-0.05, 0) is 60.4 Å². The maximum atomic E-state index is 11.6. The molecule has 0 saturated carbocycles. The van der Waals surface area contributed by atoms with Gasteiger partial charge in [-0.25, -0.2) is 4.98 Å². The highest BCUT2D eigenvalue weighted by Gasteiger charge is 2.40. The lowest BCUT2D eigenvalue weighted by Gasteiger charge is -2.40. The molecule has 188 valence electrons. The van der Waals surface area contributed by atoms with Crippen LogP contribution in [0.25, 0.3) is 11.1 Å². The molecule has 0 spiro atoms. The van der Waals surface area contributed by atoms with Gasteiger partial charge in [0, 0.05) is 17.6 Å². The van der Waals surface area contributed by atoms with Crippen molar-refractivity contribution in [2.24, 2.45) is 5.73 Å². The van der Waals surface area contributed by atoms with E-state index in [1.807, 2.05) is 53.1 Å². The van der Waals surface area contributed by atoms with Crippen LogP contribution < -0.4 is 10.5 Å². The Morgan fingerprint density at radius 3 is 2.40 bits per heavy atom. The van der Waals surface area contributed by atoms with Gasteiger partial charge in [-0.2, -0.15) is 0 Å². The summed E-state index contributed by atoms with van der Waals surface area (Å²) < 4.78 is 14.8. The number of aromatic nitrogens is 2. The average molecular weight is 514 g/mol. The summed E-state index contributed by atoms with van der Waals surface area (Å²) in [4.78, 5) is 15.8. The summed E-state index contributed by atoms with van der Waals surface area (Å²) in [6.45, 7) is 13.7. The summed E-state index contributed by atoms with van der Waals surface area (Å²) >= 11 is 6.16. The van der Waals surface area contributed by atoms with Crippen LogP contribution in [0.2, 0.25) is 23.2 Å². The molecule has 0 bridgehead atoms. The molecule has 8 heteroatoms. The zero-order valence-electron chi connectivity index (χ0n) is 21.4. The minimum atomic E-state index is -2.01. The number of imidazole rings is 1. The SMILES string of the molecule is C[C@H](O[Si](C)(C)C(C)(C)C)[C@@H](CCOc1cccc(-c2cccc(Cl)c2)c1)n1cnc(C(N)=O)c1. The first-order chi connectivity index (χ1) is 16.4. The molecule has 0 saturated heterocycles. The number of rotatable bonds is 10. The van der Waals surface area contributed by atoms with E-state index in [4.69, 9.17) is 26.5 Å². The van der Waals surface area contributed by atoms with Gasteiger partial charge in [0.2, 0.25) is 0 Å². The van der Waals surface area contributed by atoms with Crippen LogP contribution in [-0.4, -0.2) is 36.5 Å². The van der Waals surface area contributed by atoms with Gasteiger partial charge < -0.3 is 19.5 Å². The Bertz CT molecular complexity index is 1160. The van der Waals surface area contributed by atoms with Crippen LogP contribution in [-0.2, 0) is 4.43 Å². The molecule has 1 amide bonds. The summed E-state index contributed by atoms with van der Waals surface area (Å²) in [7, 11) is -2.01. The van der Waals surface area contributed by atoms with Gasteiger partial charge in [-0.1, -0.05) is 56.6 Å². The summed E-state index contributed by atoms with van der Waals surface area (Å²) in [6.07, 6.45) is 3.91. The summed E-state index contributed by atoms with van der Waals surface area (Å²) in [5.41, 5.74) is 7.75. The van der Waals surface area contributed by atoms with Gasteiger partial charge >= 0.3 is 0 Å². The van der Waals surface area contributed by atoms with Gasteiger partial charge in [0.05, 0.1) is 25.1 Å². The third-order valence-electron chi connectivity index (χ3n) is 6.74.